The summed E-state index contributed by atoms with van der Waals surface area (Å²) >= 11 is 0. The predicted molar refractivity (Wildman–Crippen MR) is 76.8 cm³/mol. The number of carbonyl (C=O) groups excluding carboxylic acids is 2. The molecule has 0 bridgehead atoms. The van der Waals surface area contributed by atoms with Gasteiger partial charge in [0.1, 0.15) is 11.6 Å². The van der Waals surface area contributed by atoms with E-state index in [0.29, 0.717) is 13.2 Å². The summed E-state index contributed by atoms with van der Waals surface area (Å²) in [5.74, 6) is -0.509. The van der Waals surface area contributed by atoms with Gasteiger partial charge in [0.05, 0.1) is 26.4 Å². The minimum atomic E-state index is -0.800. The van der Waals surface area contributed by atoms with E-state index in [-0.39, 0.29) is 18.7 Å². The fourth-order valence-electron chi connectivity index (χ4n) is 2.12. The molecule has 1 saturated heterocycles. The van der Waals surface area contributed by atoms with E-state index in [1.807, 2.05) is 20.8 Å². The Bertz CT molecular complexity index is 367. The zero-order chi connectivity index (χ0) is 16.0. The SMILES string of the molecule is COC(=O)C(N)COC[C@H]1CCCN1C(=O)OC(C)(C)C. The zero-order valence-corrected chi connectivity index (χ0v) is 13.3. The van der Waals surface area contributed by atoms with Crippen LogP contribution in [0.4, 0.5) is 4.79 Å². The summed E-state index contributed by atoms with van der Waals surface area (Å²) < 4.78 is 15.3. The first-order chi connectivity index (χ1) is 9.74. The third-order valence-electron chi connectivity index (χ3n) is 3.12. The molecule has 1 unspecified atom stereocenters. The molecule has 0 saturated carbocycles. The second kappa shape index (κ2) is 7.61. The molecular weight excluding hydrogens is 276 g/mol. The third-order valence-corrected chi connectivity index (χ3v) is 3.12. The van der Waals surface area contributed by atoms with Crippen LogP contribution in [0.25, 0.3) is 0 Å². The number of esters is 1. The van der Waals surface area contributed by atoms with Crippen molar-refractivity contribution >= 4 is 12.1 Å². The molecule has 2 N–H and O–H groups in total. The van der Waals surface area contributed by atoms with Crippen LogP contribution in [0.1, 0.15) is 33.6 Å². The van der Waals surface area contributed by atoms with Gasteiger partial charge < -0.3 is 24.8 Å². The highest BCUT2D eigenvalue weighted by Crippen LogP contribution is 2.21. The number of rotatable bonds is 5. The minimum absolute atomic E-state index is 0.0373. The van der Waals surface area contributed by atoms with E-state index in [4.69, 9.17) is 15.2 Å². The van der Waals surface area contributed by atoms with Crippen molar-refractivity contribution in [3.05, 3.63) is 0 Å². The highest BCUT2D eigenvalue weighted by atomic mass is 16.6. The maximum Gasteiger partial charge on any atom is 0.410 e. The summed E-state index contributed by atoms with van der Waals surface area (Å²) in [6.07, 6.45) is 1.44. The van der Waals surface area contributed by atoms with Gasteiger partial charge in [0.25, 0.3) is 0 Å². The second-order valence-electron chi connectivity index (χ2n) is 6.14. The molecule has 1 rings (SSSR count). The Morgan fingerprint density at radius 2 is 2.05 bits per heavy atom. The van der Waals surface area contributed by atoms with Crippen molar-refractivity contribution in [2.24, 2.45) is 5.73 Å². The summed E-state index contributed by atoms with van der Waals surface area (Å²) in [7, 11) is 1.28. The lowest BCUT2D eigenvalue weighted by atomic mass is 10.2. The Morgan fingerprint density at radius 3 is 2.62 bits per heavy atom. The van der Waals surface area contributed by atoms with Gasteiger partial charge in [0.2, 0.25) is 0 Å². The predicted octanol–water partition coefficient (Wildman–Crippen LogP) is 0.903. The Kier molecular flexibility index (Phi) is 6.42. The number of carbonyl (C=O) groups is 2. The van der Waals surface area contributed by atoms with Crippen LogP contribution in [0.5, 0.6) is 0 Å². The zero-order valence-electron chi connectivity index (χ0n) is 13.3. The Labute approximate surface area is 125 Å². The van der Waals surface area contributed by atoms with Gasteiger partial charge in [0, 0.05) is 6.54 Å². The number of hydrogen-bond acceptors (Lipinski definition) is 6. The maximum atomic E-state index is 12.1. The topological polar surface area (TPSA) is 91.1 Å². The van der Waals surface area contributed by atoms with Gasteiger partial charge in [-0.3, -0.25) is 4.79 Å². The molecular formula is C14H26N2O5. The van der Waals surface area contributed by atoms with E-state index in [1.54, 1.807) is 4.90 Å². The molecule has 7 nitrogen and oxygen atoms in total. The Balaban J connectivity index is 2.40. The highest BCUT2D eigenvalue weighted by Gasteiger charge is 2.32. The molecule has 1 heterocycles. The van der Waals surface area contributed by atoms with Crippen molar-refractivity contribution < 1.29 is 23.8 Å². The van der Waals surface area contributed by atoms with E-state index >= 15 is 0 Å². The van der Waals surface area contributed by atoms with Crippen LogP contribution in [0, 0.1) is 0 Å². The van der Waals surface area contributed by atoms with Gasteiger partial charge in [-0.2, -0.15) is 0 Å². The van der Waals surface area contributed by atoms with Crippen LogP contribution in [-0.2, 0) is 19.0 Å². The first-order valence-corrected chi connectivity index (χ1v) is 7.15. The molecule has 0 aliphatic carbocycles. The average Bonchev–Trinajstić information content (AvgIpc) is 2.84. The molecule has 2 atom stereocenters. The van der Waals surface area contributed by atoms with Gasteiger partial charge in [-0.15, -0.1) is 0 Å². The monoisotopic (exact) mass is 302 g/mol. The first-order valence-electron chi connectivity index (χ1n) is 7.15. The average molecular weight is 302 g/mol. The molecule has 1 aliphatic rings. The van der Waals surface area contributed by atoms with Crippen LogP contribution in [-0.4, -0.2) is 61.5 Å². The largest absolute Gasteiger partial charge is 0.468 e. The quantitative estimate of drug-likeness (QED) is 0.759. The van der Waals surface area contributed by atoms with E-state index < -0.39 is 17.6 Å². The molecule has 0 aromatic rings. The lowest BCUT2D eigenvalue weighted by molar-refractivity contribution is -0.143. The first kappa shape index (κ1) is 17.7. The van der Waals surface area contributed by atoms with Crippen molar-refractivity contribution in [1.82, 2.24) is 4.90 Å². The van der Waals surface area contributed by atoms with Gasteiger partial charge in [-0.25, -0.2) is 4.79 Å². The summed E-state index contributed by atoms with van der Waals surface area (Å²) in [6.45, 7) is 6.58. The molecule has 1 fully saturated rings. The molecule has 1 amide bonds. The van der Waals surface area contributed by atoms with E-state index in [2.05, 4.69) is 4.74 Å². The van der Waals surface area contributed by atoms with Gasteiger partial charge >= 0.3 is 12.1 Å². The standard InChI is InChI=1S/C14H26N2O5/c1-14(2,3)21-13(18)16-7-5-6-10(16)8-20-9-11(15)12(17)19-4/h10-11H,5-9,15H2,1-4H3/t10-,11?/m1/s1. The second-order valence-corrected chi connectivity index (χ2v) is 6.14. The van der Waals surface area contributed by atoms with Crippen molar-refractivity contribution in [3.8, 4) is 0 Å². The Morgan fingerprint density at radius 1 is 1.38 bits per heavy atom. The van der Waals surface area contributed by atoms with Gasteiger partial charge in [0.15, 0.2) is 0 Å². The fourth-order valence-corrected chi connectivity index (χ4v) is 2.12. The van der Waals surface area contributed by atoms with Gasteiger partial charge in [-0.1, -0.05) is 0 Å². The van der Waals surface area contributed by atoms with Crippen LogP contribution in [0.3, 0.4) is 0 Å². The van der Waals surface area contributed by atoms with Crippen molar-refractivity contribution in [1.29, 1.82) is 0 Å². The number of likely N-dealkylation sites (tertiary alicyclic amines) is 1. The molecule has 0 radical (unpaired) electrons. The van der Waals surface area contributed by atoms with Crippen LogP contribution >= 0.6 is 0 Å². The third kappa shape index (κ3) is 5.89. The number of ether oxygens (including phenoxy) is 3. The smallest absolute Gasteiger partial charge is 0.410 e. The molecule has 0 spiro atoms. The summed E-state index contributed by atoms with van der Waals surface area (Å²) in [4.78, 5) is 24.9. The number of hydrogen-bond donors (Lipinski definition) is 1. The summed E-state index contributed by atoms with van der Waals surface area (Å²) in [5.41, 5.74) is 5.07. The number of amides is 1. The highest BCUT2D eigenvalue weighted by molar-refractivity contribution is 5.75. The van der Waals surface area contributed by atoms with Crippen LogP contribution < -0.4 is 5.73 Å². The molecule has 122 valence electrons. The van der Waals surface area contributed by atoms with Crippen molar-refractivity contribution in [2.45, 2.75) is 51.3 Å². The number of methoxy groups -OCH3 is 1. The number of nitrogens with two attached hydrogens (primary N) is 1. The lowest BCUT2D eigenvalue weighted by Crippen LogP contribution is -2.43. The molecule has 1 aliphatic heterocycles. The van der Waals surface area contributed by atoms with E-state index in [9.17, 15) is 9.59 Å². The summed E-state index contributed by atoms with van der Waals surface area (Å²) in [6, 6.07) is -0.837. The van der Waals surface area contributed by atoms with Crippen molar-refractivity contribution in [2.75, 3.05) is 26.9 Å². The van der Waals surface area contributed by atoms with Crippen molar-refractivity contribution in [3.63, 3.8) is 0 Å². The number of nitrogens with zero attached hydrogens (tertiary/aromatic N) is 1. The summed E-state index contributed by atoms with van der Waals surface area (Å²) in [5, 5.41) is 0. The normalized spacial score (nSPS) is 20.2. The molecule has 0 aromatic carbocycles. The van der Waals surface area contributed by atoms with Gasteiger partial charge in [-0.05, 0) is 33.6 Å². The Hall–Kier alpha value is -1.34. The maximum absolute atomic E-state index is 12.1. The lowest BCUT2D eigenvalue weighted by Gasteiger charge is -2.28. The molecule has 0 aromatic heterocycles. The van der Waals surface area contributed by atoms with Crippen LogP contribution in [0.2, 0.25) is 0 Å². The molecule has 7 heteroatoms. The fraction of sp³-hybridized carbons (Fsp3) is 0.857. The molecule has 21 heavy (non-hydrogen) atoms. The van der Waals surface area contributed by atoms with Crippen LogP contribution in [0.15, 0.2) is 0 Å². The minimum Gasteiger partial charge on any atom is -0.468 e. The van der Waals surface area contributed by atoms with E-state index in [1.165, 1.54) is 7.11 Å². The van der Waals surface area contributed by atoms with E-state index in [0.717, 1.165) is 12.8 Å².